The van der Waals surface area contributed by atoms with Gasteiger partial charge in [-0.15, -0.1) is 11.3 Å². The van der Waals surface area contributed by atoms with Crippen molar-refractivity contribution in [3.8, 4) is 0 Å². The molecule has 4 N–H and O–H groups in total. The highest BCUT2D eigenvalue weighted by atomic mass is 32.1. The molecule has 0 bridgehead atoms. The number of carbonyl (C=O) groups is 1. The molecule has 0 saturated heterocycles. The monoisotopic (exact) mass is 332 g/mol. The molecule has 22 heavy (non-hydrogen) atoms. The van der Waals surface area contributed by atoms with Crippen molar-refractivity contribution in [2.45, 2.75) is 18.1 Å². The van der Waals surface area contributed by atoms with Gasteiger partial charge in [-0.1, -0.05) is 18.2 Å². The van der Waals surface area contributed by atoms with Crippen molar-refractivity contribution in [1.29, 1.82) is 0 Å². The molecule has 120 valence electrons. The summed E-state index contributed by atoms with van der Waals surface area (Å²) < 4.78 is 45.3. The second-order valence-corrected chi connectivity index (χ2v) is 5.89. The Morgan fingerprint density at radius 3 is 2.59 bits per heavy atom. The van der Waals surface area contributed by atoms with Crippen molar-refractivity contribution in [3.63, 3.8) is 0 Å². The largest absolute Gasteiger partial charge is 0.465 e. The number of rotatable bonds is 4. The number of ether oxygens (including phenoxy) is 1. The maximum atomic E-state index is 13.5. The van der Waals surface area contributed by atoms with Crippen molar-refractivity contribution in [2.75, 3.05) is 13.7 Å². The Kier molecular flexibility index (Phi) is 4.46. The van der Waals surface area contributed by atoms with Gasteiger partial charge in [0.05, 0.1) is 7.11 Å². The first-order valence-corrected chi connectivity index (χ1v) is 7.23. The number of halogens is 3. The molecule has 1 aromatic carbocycles. The van der Waals surface area contributed by atoms with Gasteiger partial charge in [-0.2, -0.15) is 13.2 Å². The molecule has 2 aromatic rings. The van der Waals surface area contributed by atoms with Crippen molar-refractivity contribution >= 4 is 27.4 Å². The summed E-state index contributed by atoms with van der Waals surface area (Å²) in [5, 5.41) is 0.513. The van der Waals surface area contributed by atoms with Gasteiger partial charge in [-0.05, 0) is 30.0 Å². The Hall–Kier alpha value is -1.64. The highest BCUT2D eigenvalue weighted by Gasteiger charge is 2.53. The van der Waals surface area contributed by atoms with Gasteiger partial charge in [0.25, 0.3) is 0 Å². The number of nitrogens with two attached hydrogens (primary N) is 2. The molecule has 0 aliphatic rings. The van der Waals surface area contributed by atoms with E-state index in [-0.39, 0.29) is 17.0 Å². The zero-order chi connectivity index (χ0) is 16.5. The Bertz CT molecular complexity index is 699. The minimum atomic E-state index is -4.66. The van der Waals surface area contributed by atoms with E-state index in [2.05, 4.69) is 4.74 Å². The number of alkyl halides is 3. The van der Waals surface area contributed by atoms with E-state index in [9.17, 15) is 18.0 Å². The molecule has 0 amide bonds. The molecular weight excluding hydrogens is 317 g/mol. The molecule has 0 aliphatic carbocycles. The van der Waals surface area contributed by atoms with Gasteiger partial charge in [-0.3, -0.25) is 0 Å². The standard InChI is InChI=1S/C14H15F3N2O2S/c1-21-12(20)10-7-8-3-2-4-9(11(8)22-10)13(19,5-6-18)14(15,16)17/h2-4,7H,5-6,18-19H2,1H3. The highest BCUT2D eigenvalue weighted by Crippen LogP contribution is 2.43. The minimum Gasteiger partial charge on any atom is -0.465 e. The van der Waals surface area contributed by atoms with Crippen LogP contribution < -0.4 is 11.5 Å². The quantitative estimate of drug-likeness (QED) is 0.844. The van der Waals surface area contributed by atoms with Crippen LogP contribution in [0.15, 0.2) is 24.3 Å². The van der Waals surface area contributed by atoms with Crippen LogP contribution in [0.1, 0.15) is 21.7 Å². The first-order chi connectivity index (χ1) is 10.2. The summed E-state index contributed by atoms with van der Waals surface area (Å²) >= 11 is 0.930. The third-order valence-corrected chi connectivity index (χ3v) is 4.62. The third kappa shape index (κ3) is 2.69. The van der Waals surface area contributed by atoms with Crippen LogP contribution in [0, 0.1) is 0 Å². The van der Waals surface area contributed by atoms with Gasteiger partial charge in [0, 0.05) is 4.70 Å². The Balaban J connectivity index is 2.68. The number of benzene rings is 1. The van der Waals surface area contributed by atoms with E-state index in [0.717, 1.165) is 11.3 Å². The lowest BCUT2D eigenvalue weighted by Gasteiger charge is -2.32. The summed E-state index contributed by atoms with van der Waals surface area (Å²) in [5.41, 5.74) is 8.36. The number of hydrogen-bond acceptors (Lipinski definition) is 5. The van der Waals surface area contributed by atoms with E-state index >= 15 is 0 Å². The first kappa shape index (κ1) is 16.7. The fourth-order valence-electron chi connectivity index (χ4n) is 2.27. The zero-order valence-electron chi connectivity index (χ0n) is 11.7. The number of carbonyl (C=O) groups excluding carboxylic acids is 1. The topological polar surface area (TPSA) is 78.3 Å². The normalized spacial score (nSPS) is 14.8. The van der Waals surface area contributed by atoms with Gasteiger partial charge in [0.1, 0.15) is 10.4 Å². The molecule has 1 unspecified atom stereocenters. The van der Waals surface area contributed by atoms with Gasteiger partial charge in [-0.25, -0.2) is 4.79 Å². The average molecular weight is 332 g/mol. The number of esters is 1. The summed E-state index contributed by atoms with van der Waals surface area (Å²) in [6, 6.07) is 5.92. The molecule has 0 spiro atoms. The van der Waals surface area contributed by atoms with Crippen molar-refractivity contribution in [1.82, 2.24) is 0 Å². The van der Waals surface area contributed by atoms with Crippen LogP contribution >= 0.6 is 11.3 Å². The van der Waals surface area contributed by atoms with Crippen LogP contribution in [0.4, 0.5) is 13.2 Å². The number of fused-ring (bicyclic) bond motifs is 1. The average Bonchev–Trinajstić information content (AvgIpc) is 2.89. The van der Waals surface area contributed by atoms with Crippen LogP contribution in [0.5, 0.6) is 0 Å². The lowest BCUT2D eigenvalue weighted by Crippen LogP contribution is -2.51. The number of methoxy groups -OCH3 is 1. The van der Waals surface area contributed by atoms with E-state index in [1.807, 2.05) is 0 Å². The van der Waals surface area contributed by atoms with E-state index in [1.165, 1.54) is 25.3 Å². The lowest BCUT2D eigenvalue weighted by atomic mass is 9.86. The molecule has 0 saturated carbocycles. The predicted octanol–water partition coefficient (Wildman–Crippen LogP) is 2.75. The maximum absolute atomic E-state index is 13.5. The van der Waals surface area contributed by atoms with Gasteiger partial charge < -0.3 is 16.2 Å². The van der Waals surface area contributed by atoms with Crippen molar-refractivity contribution in [2.24, 2.45) is 11.5 Å². The van der Waals surface area contributed by atoms with Crippen molar-refractivity contribution < 1.29 is 22.7 Å². The van der Waals surface area contributed by atoms with Crippen LogP contribution in [0.2, 0.25) is 0 Å². The summed E-state index contributed by atoms with van der Waals surface area (Å²) in [6.45, 7) is -0.207. The Morgan fingerprint density at radius 1 is 1.36 bits per heavy atom. The maximum Gasteiger partial charge on any atom is 0.410 e. The highest BCUT2D eigenvalue weighted by molar-refractivity contribution is 7.21. The van der Waals surface area contributed by atoms with E-state index in [4.69, 9.17) is 11.5 Å². The number of hydrogen-bond donors (Lipinski definition) is 2. The molecule has 8 heteroatoms. The first-order valence-electron chi connectivity index (χ1n) is 6.41. The fourth-order valence-corrected chi connectivity index (χ4v) is 3.45. The summed E-state index contributed by atoms with van der Waals surface area (Å²) in [4.78, 5) is 11.8. The molecule has 0 fully saturated rings. The number of thiophene rings is 1. The lowest BCUT2D eigenvalue weighted by molar-refractivity contribution is -0.190. The van der Waals surface area contributed by atoms with Crippen molar-refractivity contribution in [3.05, 3.63) is 34.7 Å². The Morgan fingerprint density at radius 2 is 2.05 bits per heavy atom. The molecule has 0 aliphatic heterocycles. The summed E-state index contributed by atoms with van der Waals surface area (Å²) in [5.74, 6) is -0.597. The van der Waals surface area contributed by atoms with E-state index in [1.54, 1.807) is 6.07 Å². The van der Waals surface area contributed by atoms with E-state index < -0.39 is 24.1 Å². The molecule has 0 radical (unpaired) electrons. The molecule has 2 rings (SSSR count). The fraction of sp³-hybridized carbons (Fsp3) is 0.357. The molecule has 1 heterocycles. The van der Waals surface area contributed by atoms with Crippen LogP contribution in [-0.2, 0) is 10.3 Å². The third-order valence-electron chi connectivity index (χ3n) is 3.46. The van der Waals surface area contributed by atoms with Crippen LogP contribution in [0.3, 0.4) is 0 Å². The SMILES string of the molecule is COC(=O)c1cc2cccc(C(N)(CCN)C(F)(F)F)c2s1. The van der Waals surface area contributed by atoms with Gasteiger partial charge in [0.15, 0.2) is 0 Å². The second-order valence-electron chi connectivity index (χ2n) is 4.83. The molecule has 4 nitrogen and oxygen atoms in total. The van der Waals surface area contributed by atoms with E-state index in [0.29, 0.717) is 10.1 Å². The Labute approximate surface area is 128 Å². The minimum absolute atomic E-state index is 0.0805. The van der Waals surface area contributed by atoms with Gasteiger partial charge >= 0.3 is 12.1 Å². The molecule has 1 atom stereocenters. The van der Waals surface area contributed by atoms with Gasteiger partial charge in [0.2, 0.25) is 0 Å². The van der Waals surface area contributed by atoms with Crippen LogP contribution in [0.25, 0.3) is 10.1 Å². The zero-order valence-corrected chi connectivity index (χ0v) is 12.6. The summed E-state index contributed by atoms with van der Waals surface area (Å²) in [7, 11) is 1.21. The smallest absolute Gasteiger partial charge is 0.410 e. The summed E-state index contributed by atoms with van der Waals surface area (Å²) in [6.07, 6.45) is -5.10. The molecular formula is C14H15F3N2O2S. The molecule has 1 aromatic heterocycles. The predicted molar refractivity (Wildman–Crippen MR) is 78.8 cm³/mol. The van der Waals surface area contributed by atoms with Crippen LogP contribution in [-0.4, -0.2) is 25.8 Å². The second kappa shape index (κ2) is 5.86.